The smallest absolute Gasteiger partial charge is 0.413 e. The minimum absolute atomic E-state index is 0.138. The maximum atomic E-state index is 13.5. The summed E-state index contributed by atoms with van der Waals surface area (Å²) in [5, 5.41) is 19.9. The molecule has 0 unspecified atom stereocenters. The lowest BCUT2D eigenvalue weighted by atomic mass is 10.0. The van der Waals surface area contributed by atoms with Crippen LogP contribution in [0.15, 0.2) is 54.6 Å². The zero-order chi connectivity index (χ0) is 17.9. The van der Waals surface area contributed by atoms with E-state index in [2.05, 4.69) is 0 Å². The van der Waals surface area contributed by atoms with Gasteiger partial charge in [0.25, 0.3) is 5.69 Å². The Morgan fingerprint density at radius 2 is 1.62 bits per heavy atom. The predicted molar refractivity (Wildman–Crippen MR) is 78.8 cm³/mol. The van der Waals surface area contributed by atoms with Gasteiger partial charge in [-0.3, -0.25) is 15.0 Å². The molecule has 0 aliphatic rings. The van der Waals surface area contributed by atoms with Crippen molar-refractivity contribution in [2.45, 2.75) is 12.2 Å². The normalized spacial score (nSPS) is 12.5. The molecule has 0 aliphatic heterocycles. The number of nitrogens with zero attached hydrogens (tertiary/aromatic N) is 2. The van der Waals surface area contributed by atoms with Gasteiger partial charge < -0.3 is 5.11 Å². The van der Waals surface area contributed by atoms with Gasteiger partial charge in [0, 0.05) is 17.8 Å². The molecule has 1 N–H and O–H groups in total. The van der Waals surface area contributed by atoms with Crippen molar-refractivity contribution in [2.24, 2.45) is 0 Å². The van der Waals surface area contributed by atoms with Crippen LogP contribution in [0, 0.1) is 10.1 Å². The van der Waals surface area contributed by atoms with Crippen molar-refractivity contribution < 1.29 is 28.0 Å². The Hall–Kier alpha value is -3.10. The van der Waals surface area contributed by atoms with Crippen LogP contribution in [0.3, 0.4) is 0 Å². The number of benzene rings is 2. The van der Waals surface area contributed by atoms with Gasteiger partial charge in [-0.05, 0) is 17.7 Å². The summed E-state index contributed by atoms with van der Waals surface area (Å²) in [6.07, 6.45) is -6.70. The Kier molecular flexibility index (Phi) is 4.72. The third-order valence-corrected chi connectivity index (χ3v) is 3.23. The number of non-ortho nitro benzene ring substituents is 1. The van der Waals surface area contributed by atoms with Crippen molar-refractivity contribution >= 4 is 17.5 Å². The van der Waals surface area contributed by atoms with Crippen LogP contribution >= 0.6 is 0 Å². The van der Waals surface area contributed by atoms with E-state index in [4.69, 9.17) is 0 Å². The molecule has 6 nitrogen and oxygen atoms in total. The molecule has 2 aromatic rings. The van der Waals surface area contributed by atoms with Crippen LogP contribution in [-0.2, 0) is 0 Å². The molecule has 0 bridgehead atoms. The van der Waals surface area contributed by atoms with E-state index >= 15 is 0 Å². The van der Waals surface area contributed by atoms with Crippen LogP contribution in [0.1, 0.15) is 11.6 Å². The van der Waals surface area contributed by atoms with E-state index < -0.39 is 23.2 Å². The second-order valence-electron chi connectivity index (χ2n) is 4.78. The standard InChI is InChI=1S/C15H11F3N2O4/c16-15(17,18)13(10-4-2-1-3-5-10)19(14(21)22)11-6-8-12(9-7-11)20(23)24/h1-9,13H,(H,21,22)/t13-/m0/s1. The number of nitro benzene ring substituents is 1. The molecule has 0 aromatic heterocycles. The lowest BCUT2D eigenvalue weighted by Gasteiger charge is -2.31. The molecule has 0 saturated heterocycles. The lowest BCUT2D eigenvalue weighted by Crippen LogP contribution is -2.41. The van der Waals surface area contributed by atoms with Gasteiger partial charge in [0.2, 0.25) is 0 Å². The summed E-state index contributed by atoms with van der Waals surface area (Å²) in [6, 6.07) is 7.97. The van der Waals surface area contributed by atoms with E-state index in [-0.39, 0.29) is 21.8 Å². The van der Waals surface area contributed by atoms with E-state index in [0.29, 0.717) is 0 Å². The monoisotopic (exact) mass is 340 g/mol. The van der Waals surface area contributed by atoms with E-state index in [1.807, 2.05) is 0 Å². The molecule has 0 radical (unpaired) electrons. The number of hydrogen-bond acceptors (Lipinski definition) is 3. The number of carboxylic acid groups (broad SMARTS) is 1. The molecular weight excluding hydrogens is 329 g/mol. The second kappa shape index (κ2) is 6.57. The summed E-state index contributed by atoms with van der Waals surface area (Å²) >= 11 is 0. The third-order valence-electron chi connectivity index (χ3n) is 3.23. The van der Waals surface area contributed by atoms with Gasteiger partial charge in [0.05, 0.1) is 4.92 Å². The first-order chi connectivity index (χ1) is 11.2. The van der Waals surface area contributed by atoms with Crippen LogP contribution in [0.25, 0.3) is 0 Å². The van der Waals surface area contributed by atoms with Crippen LogP contribution in [0.5, 0.6) is 0 Å². The van der Waals surface area contributed by atoms with Gasteiger partial charge in [-0.1, -0.05) is 30.3 Å². The highest BCUT2D eigenvalue weighted by Gasteiger charge is 2.47. The second-order valence-corrected chi connectivity index (χ2v) is 4.78. The fourth-order valence-electron chi connectivity index (χ4n) is 2.22. The lowest BCUT2D eigenvalue weighted by molar-refractivity contribution is -0.384. The van der Waals surface area contributed by atoms with Crippen molar-refractivity contribution in [3.8, 4) is 0 Å². The summed E-state index contributed by atoms with van der Waals surface area (Å²) in [5.41, 5.74) is -0.933. The van der Waals surface area contributed by atoms with Crippen molar-refractivity contribution in [2.75, 3.05) is 4.90 Å². The Balaban J connectivity index is 2.54. The first-order valence-electron chi connectivity index (χ1n) is 6.60. The number of amides is 1. The SMILES string of the molecule is O=C(O)N(c1ccc([N+](=O)[O-])cc1)[C@@H](c1ccccc1)C(F)(F)F. The summed E-state index contributed by atoms with van der Waals surface area (Å²) in [5.74, 6) is 0. The highest BCUT2D eigenvalue weighted by Crippen LogP contribution is 2.40. The highest BCUT2D eigenvalue weighted by atomic mass is 19.4. The molecule has 1 atom stereocenters. The average molecular weight is 340 g/mol. The Morgan fingerprint density at radius 3 is 2.04 bits per heavy atom. The zero-order valence-corrected chi connectivity index (χ0v) is 12.0. The van der Waals surface area contributed by atoms with Crippen molar-refractivity contribution in [3.63, 3.8) is 0 Å². The van der Waals surface area contributed by atoms with Gasteiger partial charge in [0.15, 0.2) is 6.04 Å². The quantitative estimate of drug-likeness (QED) is 0.661. The molecule has 0 saturated carbocycles. The minimum atomic E-state index is -4.87. The topological polar surface area (TPSA) is 83.7 Å². The van der Waals surface area contributed by atoms with Gasteiger partial charge in [-0.25, -0.2) is 4.79 Å². The van der Waals surface area contributed by atoms with Crippen molar-refractivity contribution in [1.29, 1.82) is 0 Å². The van der Waals surface area contributed by atoms with Crippen LogP contribution in [-0.4, -0.2) is 22.3 Å². The Labute approximate surface area is 133 Å². The third kappa shape index (κ3) is 3.62. The number of alkyl halides is 3. The molecule has 0 spiro atoms. The first kappa shape index (κ1) is 17.3. The number of anilines is 1. The minimum Gasteiger partial charge on any atom is -0.465 e. The molecule has 0 fully saturated rings. The van der Waals surface area contributed by atoms with Crippen molar-refractivity contribution in [1.82, 2.24) is 0 Å². The molecule has 0 aliphatic carbocycles. The van der Waals surface area contributed by atoms with Crippen LogP contribution in [0.4, 0.5) is 29.3 Å². The number of rotatable bonds is 4. The fourth-order valence-corrected chi connectivity index (χ4v) is 2.22. The fraction of sp³-hybridized carbons (Fsp3) is 0.133. The Bertz CT molecular complexity index is 733. The number of halogens is 3. The van der Waals surface area contributed by atoms with Gasteiger partial charge >= 0.3 is 12.3 Å². The first-order valence-corrected chi connectivity index (χ1v) is 6.60. The maximum Gasteiger partial charge on any atom is 0.413 e. The maximum absolute atomic E-state index is 13.5. The van der Waals surface area contributed by atoms with Gasteiger partial charge in [0.1, 0.15) is 0 Å². The molecular formula is C15H11F3N2O4. The number of nitro groups is 1. The average Bonchev–Trinajstić information content (AvgIpc) is 2.52. The van der Waals surface area contributed by atoms with Gasteiger partial charge in [-0.2, -0.15) is 13.2 Å². The zero-order valence-electron chi connectivity index (χ0n) is 12.0. The largest absolute Gasteiger partial charge is 0.465 e. The summed E-state index contributed by atoms with van der Waals surface area (Å²) in [6.45, 7) is 0. The van der Waals surface area contributed by atoms with E-state index in [9.17, 15) is 33.2 Å². The van der Waals surface area contributed by atoms with Crippen LogP contribution < -0.4 is 4.90 Å². The molecule has 2 rings (SSSR count). The number of carbonyl (C=O) groups is 1. The summed E-state index contributed by atoms with van der Waals surface area (Å²) in [4.78, 5) is 21.5. The van der Waals surface area contributed by atoms with E-state index in [0.717, 1.165) is 24.3 Å². The van der Waals surface area contributed by atoms with Gasteiger partial charge in [-0.15, -0.1) is 0 Å². The number of hydrogen-bond donors (Lipinski definition) is 1. The molecule has 24 heavy (non-hydrogen) atoms. The van der Waals surface area contributed by atoms with E-state index in [1.165, 1.54) is 30.3 Å². The Morgan fingerprint density at radius 1 is 1.08 bits per heavy atom. The molecule has 1 amide bonds. The van der Waals surface area contributed by atoms with Crippen molar-refractivity contribution in [3.05, 3.63) is 70.3 Å². The van der Waals surface area contributed by atoms with E-state index in [1.54, 1.807) is 0 Å². The molecule has 9 heteroatoms. The molecule has 126 valence electrons. The highest BCUT2D eigenvalue weighted by molar-refractivity contribution is 5.87. The summed E-state index contributed by atoms with van der Waals surface area (Å²) in [7, 11) is 0. The summed E-state index contributed by atoms with van der Waals surface area (Å²) < 4.78 is 40.5. The molecule has 0 heterocycles. The van der Waals surface area contributed by atoms with Crippen LogP contribution in [0.2, 0.25) is 0 Å². The molecule has 2 aromatic carbocycles. The predicted octanol–water partition coefficient (Wildman–Crippen LogP) is 4.38.